The minimum atomic E-state index is -4.91. The second kappa shape index (κ2) is 9.53. The van der Waals surface area contributed by atoms with E-state index in [0.717, 1.165) is 21.3 Å². The zero-order valence-corrected chi connectivity index (χ0v) is 19.6. The number of alkyl halides is 3. The molecule has 188 valence electrons. The molecule has 0 bridgehead atoms. The maximum Gasteiger partial charge on any atom is 0.573 e. The van der Waals surface area contributed by atoms with Gasteiger partial charge in [0.25, 0.3) is 5.56 Å². The van der Waals surface area contributed by atoms with Crippen LogP contribution < -0.4 is 20.7 Å². The van der Waals surface area contributed by atoms with Crippen molar-refractivity contribution in [2.75, 3.05) is 0 Å². The maximum absolute atomic E-state index is 13.1. The van der Waals surface area contributed by atoms with Crippen molar-refractivity contribution in [3.8, 4) is 17.5 Å². The van der Waals surface area contributed by atoms with E-state index in [4.69, 9.17) is 16.3 Å². The number of Topliss-reactive ketones (excluding diaryl/α,β-unsaturated/α-hetero) is 1. The van der Waals surface area contributed by atoms with Crippen LogP contribution in [0.25, 0.3) is 11.2 Å². The Morgan fingerprint density at radius 3 is 2.36 bits per heavy atom. The van der Waals surface area contributed by atoms with Gasteiger partial charge >= 0.3 is 18.1 Å². The molecule has 13 heteroatoms. The van der Waals surface area contributed by atoms with Crippen LogP contribution in [-0.4, -0.2) is 30.8 Å². The fourth-order valence-corrected chi connectivity index (χ4v) is 3.67. The van der Waals surface area contributed by atoms with Gasteiger partial charge in [-0.3, -0.25) is 23.3 Å². The van der Waals surface area contributed by atoms with Crippen LogP contribution in [0.1, 0.15) is 12.5 Å². The van der Waals surface area contributed by atoms with Gasteiger partial charge in [0.2, 0.25) is 0 Å². The minimum Gasteiger partial charge on any atom is -0.425 e. The number of hydrogen-bond acceptors (Lipinski definition) is 6. The number of ether oxygens (including phenoxy) is 2. The van der Waals surface area contributed by atoms with Crippen LogP contribution in [0.2, 0.25) is 5.02 Å². The third-order valence-electron chi connectivity index (χ3n) is 5.08. The van der Waals surface area contributed by atoms with Gasteiger partial charge in [0.15, 0.2) is 11.2 Å². The largest absolute Gasteiger partial charge is 0.573 e. The first kappa shape index (κ1) is 25.0. The van der Waals surface area contributed by atoms with Crippen molar-refractivity contribution in [3.63, 3.8) is 0 Å². The third-order valence-corrected chi connectivity index (χ3v) is 5.33. The van der Waals surface area contributed by atoms with E-state index in [1.807, 2.05) is 0 Å². The van der Waals surface area contributed by atoms with Crippen LogP contribution in [-0.2, 0) is 24.9 Å². The normalized spacial score (nSPS) is 11.6. The molecule has 0 atom stereocenters. The summed E-state index contributed by atoms with van der Waals surface area (Å²) >= 11 is 5.96. The monoisotopic (exact) mass is 522 g/mol. The molecule has 0 spiro atoms. The van der Waals surface area contributed by atoms with E-state index >= 15 is 0 Å². The number of benzene rings is 2. The van der Waals surface area contributed by atoms with Gasteiger partial charge in [-0.15, -0.1) is 13.2 Å². The van der Waals surface area contributed by atoms with E-state index in [0.29, 0.717) is 10.6 Å². The molecule has 2 aromatic heterocycles. The van der Waals surface area contributed by atoms with Crippen LogP contribution >= 0.6 is 11.6 Å². The standard InChI is InChI=1S/C23H18ClF3N4O5/c1-13(32)11-31-19-18(20(33)29(2)22(31)34)30(12-14-6-8-15(24)9-7-14)21(28-19)35-16-4-3-5-17(10-16)36-23(25,26)27/h3-10H,11-12H2,1-2H3. The fraction of sp³-hybridized carbons (Fsp3) is 0.217. The summed E-state index contributed by atoms with van der Waals surface area (Å²) in [6.07, 6.45) is -4.91. The summed E-state index contributed by atoms with van der Waals surface area (Å²) in [6.45, 7) is 0.961. The molecule has 0 aliphatic carbocycles. The van der Waals surface area contributed by atoms with Gasteiger partial charge in [0.05, 0.1) is 13.1 Å². The number of halogens is 4. The molecule has 0 unspecified atom stereocenters. The summed E-state index contributed by atoms with van der Waals surface area (Å²) < 4.78 is 50.9. The Hall–Kier alpha value is -4.06. The smallest absolute Gasteiger partial charge is 0.425 e. The number of aromatic nitrogens is 4. The van der Waals surface area contributed by atoms with Crippen molar-refractivity contribution in [2.45, 2.75) is 26.4 Å². The molecule has 0 amide bonds. The molecule has 0 saturated heterocycles. The zero-order chi connectivity index (χ0) is 26.2. The summed E-state index contributed by atoms with van der Waals surface area (Å²) in [5, 5.41) is 0.485. The van der Waals surface area contributed by atoms with Crippen LogP contribution in [0.4, 0.5) is 13.2 Å². The molecule has 2 heterocycles. The van der Waals surface area contributed by atoms with Crippen molar-refractivity contribution in [2.24, 2.45) is 7.05 Å². The highest BCUT2D eigenvalue weighted by Gasteiger charge is 2.31. The molecule has 4 aromatic rings. The molecule has 0 radical (unpaired) electrons. The first-order valence-corrected chi connectivity index (χ1v) is 10.8. The van der Waals surface area contributed by atoms with Gasteiger partial charge in [-0.1, -0.05) is 29.8 Å². The Morgan fingerprint density at radius 2 is 1.72 bits per heavy atom. The first-order chi connectivity index (χ1) is 16.9. The molecule has 9 nitrogen and oxygen atoms in total. The lowest BCUT2D eigenvalue weighted by Crippen LogP contribution is -2.39. The average Bonchev–Trinajstić information content (AvgIpc) is 3.13. The fourth-order valence-electron chi connectivity index (χ4n) is 3.54. The lowest BCUT2D eigenvalue weighted by Gasteiger charge is -2.12. The summed E-state index contributed by atoms with van der Waals surface area (Å²) in [6, 6.07) is 11.2. The number of imidazole rings is 1. The molecule has 36 heavy (non-hydrogen) atoms. The number of rotatable bonds is 7. The van der Waals surface area contributed by atoms with Crippen LogP contribution in [0.3, 0.4) is 0 Å². The molecular weight excluding hydrogens is 505 g/mol. The van der Waals surface area contributed by atoms with Gasteiger partial charge < -0.3 is 9.47 Å². The predicted octanol–water partition coefficient (Wildman–Crippen LogP) is 3.88. The molecule has 0 aliphatic heterocycles. The number of hydrogen-bond donors (Lipinski definition) is 0. The Kier molecular flexibility index (Phi) is 6.63. The van der Waals surface area contributed by atoms with Crippen molar-refractivity contribution >= 4 is 28.5 Å². The summed E-state index contributed by atoms with van der Waals surface area (Å²) in [5.41, 5.74) is -0.911. The molecule has 0 fully saturated rings. The molecular formula is C23H18ClF3N4O5. The molecule has 4 rings (SSSR count). The molecule has 0 saturated carbocycles. The third kappa shape index (κ3) is 5.28. The Morgan fingerprint density at radius 1 is 1.06 bits per heavy atom. The van der Waals surface area contributed by atoms with Crippen LogP contribution in [0.5, 0.6) is 17.5 Å². The molecule has 0 N–H and O–H groups in total. The minimum absolute atomic E-state index is 0.0361. The SMILES string of the molecule is CC(=O)Cn1c(=O)n(C)c(=O)c2c1nc(Oc1cccc(OC(F)(F)F)c1)n2Cc1ccc(Cl)cc1. The highest BCUT2D eigenvalue weighted by molar-refractivity contribution is 6.30. The van der Waals surface area contributed by atoms with Crippen molar-refractivity contribution in [3.05, 3.63) is 80.0 Å². The maximum atomic E-state index is 13.1. The number of carbonyl (C=O) groups excluding carboxylic acids is 1. The second-order valence-corrected chi connectivity index (χ2v) is 8.28. The lowest BCUT2D eigenvalue weighted by atomic mass is 10.2. The topological polar surface area (TPSA) is 97.4 Å². The predicted molar refractivity (Wildman–Crippen MR) is 124 cm³/mol. The Bertz CT molecular complexity index is 1570. The van der Waals surface area contributed by atoms with E-state index in [1.54, 1.807) is 24.3 Å². The molecule has 2 aromatic carbocycles. The Balaban J connectivity index is 1.91. The quantitative estimate of drug-likeness (QED) is 0.365. The summed E-state index contributed by atoms with van der Waals surface area (Å²) in [4.78, 5) is 42.0. The number of fused-ring (bicyclic) bond motifs is 1. The highest BCUT2D eigenvalue weighted by Crippen LogP contribution is 2.30. The van der Waals surface area contributed by atoms with Crippen LogP contribution in [0, 0.1) is 0 Å². The zero-order valence-electron chi connectivity index (χ0n) is 18.9. The average molecular weight is 523 g/mol. The number of nitrogens with zero attached hydrogens (tertiary/aromatic N) is 4. The van der Waals surface area contributed by atoms with E-state index < -0.39 is 23.4 Å². The van der Waals surface area contributed by atoms with E-state index in [1.165, 1.54) is 30.7 Å². The van der Waals surface area contributed by atoms with Gasteiger partial charge in [-0.2, -0.15) is 4.98 Å². The number of carbonyl (C=O) groups is 1. The Labute approximate surface area is 205 Å². The van der Waals surface area contributed by atoms with Crippen LogP contribution in [0.15, 0.2) is 58.1 Å². The second-order valence-electron chi connectivity index (χ2n) is 7.84. The van der Waals surface area contributed by atoms with Crippen molar-refractivity contribution in [1.82, 2.24) is 18.7 Å². The van der Waals surface area contributed by atoms with Crippen molar-refractivity contribution in [1.29, 1.82) is 0 Å². The van der Waals surface area contributed by atoms with Gasteiger partial charge in [0.1, 0.15) is 17.3 Å². The van der Waals surface area contributed by atoms with Crippen molar-refractivity contribution < 1.29 is 27.4 Å². The molecule has 0 aliphatic rings. The number of ketones is 1. The highest BCUT2D eigenvalue weighted by atomic mass is 35.5. The van der Waals surface area contributed by atoms with Gasteiger partial charge in [-0.05, 0) is 36.8 Å². The lowest BCUT2D eigenvalue weighted by molar-refractivity contribution is -0.274. The summed E-state index contributed by atoms with van der Waals surface area (Å²) in [5.74, 6) is -0.949. The summed E-state index contributed by atoms with van der Waals surface area (Å²) in [7, 11) is 1.26. The van der Waals surface area contributed by atoms with E-state index in [9.17, 15) is 27.6 Å². The van der Waals surface area contributed by atoms with E-state index in [2.05, 4.69) is 9.72 Å². The first-order valence-electron chi connectivity index (χ1n) is 10.4. The van der Waals surface area contributed by atoms with Gasteiger partial charge in [-0.25, -0.2) is 4.79 Å². The van der Waals surface area contributed by atoms with Gasteiger partial charge in [0, 0.05) is 18.1 Å². The van der Waals surface area contributed by atoms with E-state index in [-0.39, 0.29) is 41.8 Å².